The Morgan fingerprint density at radius 2 is 2.00 bits per heavy atom. The number of carbonyl (C=O) groups is 2. The van der Waals surface area contributed by atoms with Gasteiger partial charge in [-0.15, -0.1) is 0 Å². The Labute approximate surface area is 155 Å². The Morgan fingerprint density at radius 3 is 2.70 bits per heavy atom. The monoisotopic (exact) mass is 363 g/mol. The van der Waals surface area contributed by atoms with Gasteiger partial charge in [0.15, 0.2) is 6.61 Å². The fraction of sp³-hybridized carbons (Fsp3) is 0.0500. The largest absolute Gasteiger partial charge is 0.482 e. The summed E-state index contributed by atoms with van der Waals surface area (Å²) in [5.41, 5.74) is 2.38. The lowest BCUT2D eigenvalue weighted by atomic mass is 10.2. The van der Waals surface area contributed by atoms with E-state index < -0.39 is 12.6 Å². The third kappa shape index (κ3) is 5.30. The zero-order valence-corrected chi connectivity index (χ0v) is 14.3. The normalized spacial score (nSPS) is 10.7. The summed E-state index contributed by atoms with van der Waals surface area (Å²) in [6.07, 6.45) is 8.41. The van der Waals surface area contributed by atoms with Crippen molar-refractivity contribution in [3.05, 3.63) is 78.9 Å². The third-order valence-electron chi connectivity index (χ3n) is 3.59. The van der Waals surface area contributed by atoms with E-state index in [2.05, 4.69) is 10.3 Å². The number of imidazole rings is 1. The van der Waals surface area contributed by atoms with E-state index in [9.17, 15) is 9.59 Å². The number of aromatic nitrogens is 2. The zero-order valence-electron chi connectivity index (χ0n) is 14.3. The second-order valence-corrected chi connectivity index (χ2v) is 5.59. The van der Waals surface area contributed by atoms with E-state index in [4.69, 9.17) is 9.84 Å². The molecule has 2 aromatic carbocycles. The van der Waals surface area contributed by atoms with Gasteiger partial charge in [-0.2, -0.15) is 0 Å². The number of carbonyl (C=O) groups excluding carboxylic acids is 1. The molecule has 136 valence electrons. The predicted octanol–water partition coefficient (Wildman–Crippen LogP) is 2.99. The highest BCUT2D eigenvalue weighted by atomic mass is 16.5. The molecule has 0 bridgehead atoms. The van der Waals surface area contributed by atoms with E-state index in [-0.39, 0.29) is 5.91 Å². The number of nitrogens with zero attached hydrogens (tertiary/aromatic N) is 2. The summed E-state index contributed by atoms with van der Waals surface area (Å²) >= 11 is 0. The summed E-state index contributed by atoms with van der Waals surface area (Å²) in [5.74, 6) is -0.996. The number of aliphatic carboxylic acids is 1. The number of benzene rings is 2. The first-order valence-electron chi connectivity index (χ1n) is 8.12. The van der Waals surface area contributed by atoms with Crippen molar-refractivity contribution in [2.45, 2.75) is 0 Å². The van der Waals surface area contributed by atoms with Crippen molar-refractivity contribution in [3.8, 4) is 11.4 Å². The molecule has 7 heteroatoms. The molecule has 1 heterocycles. The van der Waals surface area contributed by atoms with E-state index in [1.807, 2.05) is 35.0 Å². The van der Waals surface area contributed by atoms with Gasteiger partial charge in [-0.3, -0.25) is 4.79 Å². The van der Waals surface area contributed by atoms with Gasteiger partial charge in [0.25, 0.3) is 0 Å². The smallest absolute Gasteiger partial charge is 0.341 e. The van der Waals surface area contributed by atoms with Gasteiger partial charge in [0.05, 0.1) is 6.33 Å². The van der Waals surface area contributed by atoms with E-state index >= 15 is 0 Å². The van der Waals surface area contributed by atoms with Crippen LogP contribution >= 0.6 is 0 Å². The summed E-state index contributed by atoms with van der Waals surface area (Å²) in [6.45, 7) is -0.438. The van der Waals surface area contributed by atoms with Crippen molar-refractivity contribution < 1.29 is 19.4 Å². The van der Waals surface area contributed by atoms with Gasteiger partial charge >= 0.3 is 5.97 Å². The molecule has 0 saturated heterocycles. The molecular formula is C20H17N3O4. The molecule has 0 radical (unpaired) electrons. The molecule has 0 saturated carbocycles. The zero-order chi connectivity index (χ0) is 19.1. The van der Waals surface area contributed by atoms with Crippen LogP contribution in [0.1, 0.15) is 5.56 Å². The summed E-state index contributed by atoms with van der Waals surface area (Å²) in [6, 6.07) is 14.2. The van der Waals surface area contributed by atoms with Crippen molar-refractivity contribution in [3.63, 3.8) is 0 Å². The van der Waals surface area contributed by atoms with Crippen molar-refractivity contribution in [1.29, 1.82) is 0 Å². The molecule has 0 aliphatic heterocycles. The number of amides is 1. The number of nitrogens with one attached hydrogen (secondary N) is 1. The molecule has 27 heavy (non-hydrogen) atoms. The highest BCUT2D eigenvalue weighted by Crippen LogP contribution is 2.17. The number of anilines is 1. The molecule has 0 spiro atoms. The van der Waals surface area contributed by atoms with E-state index in [1.165, 1.54) is 6.08 Å². The highest BCUT2D eigenvalue weighted by Gasteiger charge is 2.03. The molecule has 2 N–H and O–H groups in total. The van der Waals surface area contributed by atoms with Gasteiger partial charge in [-0.05, 0) is 35.9 Å². The van der Waals surface area contributed by atoms with Gasteiger partial charge in [0, 0.05) is 35.9 Å². The second-order valence-electron chi connectivity index (χ2n) is 5.59. The van der Waals surface area contributed by atoms with Crippen molar-refractivity contribution >= 4 is 23.6 Å². The molecule has 0 fully saturated rings. The van der Waals surface area contributed by atoms with Gasteiger partial charge in [-0.1, -0.05) is 18.2 Å². The Morgan fingerprint density at radius 1 is 1.19 bits per heavy atom. The van der Waals surface area contributed by atoms with Crippen LogP contribution in [-0.2, 0) is 9.59 Å². The average Bonchev–Trinajstić information content (AvgIpc) is 3.20. The van der Waals surface area contributed by atoms with Crippen LogP contribution in [-0.4, -0.2) is 33.1 Å². The predicted molar refractivity (Wildman–Crippen MR) is 101 cm³/mol. The maximum atomic E-state index is 12.1. The van der Waals surface area contributed by atoms with Gasteiger partial charge in [0.2, 0.25) is 5.91 Å². The maximum Gasteiger partial charge on any atom is 0.341 e. The number of carboxylic acid groups (broad SMARTS) is 1. The van der Waals surface area contributed by atoms with Crippen LogP contribution in [0.3, 0.4) is 0 Å². The first kappa shape index (κ1) is 17.9. The van der Waals surface area contributed by atoms with Crippen molar-refractivity contribution in [2.24, 2.45) is 0 Å². The lowest BCUT2D eigenvalue weighted by Gasteiger charge is -2.06. The Balaban J connectivity index is 1.58. The van der Waals surface area contributed by atoms with Gasteiger partial charge in [-0.25, -0.2) is 9.78 Å². The first-order valence-corrected chi connectivity index (χ1v) is 8.12. The summed E-state index contributed by atoms with van der Waals surface area (Å²) in [4.78, 5) is 26.6. The number of carboxylic acids is 1. The highest BCUT2D eigenvalue weighted by molar-refractivity contribution is 6.02. The molecule has 7 nitrogen and oxygen atoms in total. The quantitative estimate of drug-likeness (QED) is 0.630. The molecule has 3 aromatic rings. The third-order valence-corrected chi connectivity index (χ3v) is 3.59. The van der Waals surface area contributed by atoms with E-state index in [0.29, 0.717) is 11.4 Å². The molecule has 3 rings (SSSR count). The first-order chi connectivity index (χ1) is 13.1. The van der Waals surface area contributed by atoms with Crippen LogP contribution in [0.5, 0.6) is 5.75 Å². The van der Waals surface area contributed by atoms with Crippen LogP contribution in [0.25, 0.3) is 11.8 Å². The molecule has 0 atom stereocenters. The fourth-order valence-corrected chi connectivity index (χ4v) is 2.33. The van der Waals surface area contributed by atoms with Crippen LogP contribution in [0.2, 0.25) is 0 Å². The second kappa shape index (κ2) is 8.48. The number of rotatable bonds is 7. The van der Waals surface area contributed by atoms with Gasteiger partial charge in [0.1, 0.15) is 5.75 Å². The molecule has 0 aliphatic rings. The van der Waals surface area contributed by atoms with Crippen LogP contribution < -0.4 is 10.1 Å². The minimum absolute atomic E-state index is 0.302. The summed E-state index contributed by atoms with van der Waals surface area (Å²) in [5, 5.41) is 11.3. The Kier molecular flexibility index (Phi) is 5.64. The lowest BCUT2D eigenvalue weighted by molar-refractivity contribution is -0.139. The SMILES string of the molecule is O=C(O)COc1cccc(NC(=O)C=Cc2ccc(-n3ccnc3)cc2)c1. The Bertz CT molecular complexity index is 948. The van der Waals surface area contributed by atoms with Crippen LogP contribution in [0.15, 0.2) is 73.3 Å². The Hall–Kier alpha value is -3.87. The molecule has 0 aliphatic carbocycles. The number of hydrogen-bond donors (Lipinski definition) is 2. The lowest BCUT2D eigenvalue weighted by Crippen LogP contribution is -2.10. The van der Waals surface area contributed by atoms with Crippen molar-refractivity contribution in [1.82, 2.24) is 9.55 Å². The molecule has 1 amide bonds. The van der Waals surface area contributed by atoms with Crippen LogP contribution in [0, 0.1) is 0 Å². The van der Waals surface area contributed by atoms with E-state index in [0.717, 1.165) is 11.3 Å². The number of hydrogen-bond acceptors (Lipinski definition) is 4. The molecular weight excluding hydrogens is 346 g/mol. The van der Waals surface area contributed by atoms with Gasteiger partial charge < -0.3 is 19.7 Å². The van der Waals surface area contributed by atoms with Crippen molar-refractivity contribution in [2.75, 3.05) is 11.9 Å². The summed E-state index contributed by atoms with van der Waals surface area (Å²) in [7, 11) is 0. The maximum absolute atomic E-state index is 12.1. The fourth-order valence-electron chi connectivity index (χ4n) is 2.33. The summed E-state index contributed by atoms with van der Waals surface area (Å²) < 4.78 is 6.97. The van der Waals surface area contributed by atoms with E-state index in [1.54, 1.807) is 42.9 Å². The minimum Gasteiger partial charge on any atom is -0.482 e. The topological polar surface area (TPSA) is 93.5 Å². The standard InChI is InChI=1S/C20H17N3O4/c24-19(22-16-2-1-3-18(12-16)27-13-20(25)26)9-6-15-4-7-17(8-5-15)23-11-10-21-14-23/h1-12,14H,13H2,(H,22,24)(H,25,26). The molecule has 0 unspecified atom stereocenters. The minimum atomic E-state index is -1.06. The average molecular weight is 363 g/mol. The molecule has 1 aromatic heterocycles. The number of ether oxygens (including phenoxy) is 1. The van der Waals surface area contributed by atoms with Crippen LogP contribution in [0.4, 0.5) is 5.69 Å².